The Balaban J connectivity index is 1.29. The number of hydrogen-bond donors (Lipinski definition) is 1. The normalized spacial score (nSPS) is 40.9. The van der Waals surface area contributed by atoms with E-state index in [1.54, 1.807) is 11.1 Å². The van der Waals surface area contributed by atoms with Gasteiger partial charge in [-0.3, -0.25) is 0 Å². The van der Waals surface area contributed by atoms with Crippen LogP contribution in [0.3, 0.4) is 0 Å². The average molecular weight is 357 g/mol. The molecule has 6 rings (SSSR count). The first-order valence-electron chi connectivity index (χ1n) is 10.6. The van der Waals surface area contributed by atoms with Gasteiger partial charge >= 0.3 is 0 Å². The van der Waals surface area contributed by atoms with E-state index >= 15 is 0 Å². The van der Waals surface area contributed by atoms with Gasteiger partial charge in [0.15, 0.2) is 0 Å². The molecule has 6 unspecified atom stereocenters. The minimum atomic E-state index is 0.239. The summed E-state index contributed by atoms with van der Waals surface area (Å²) in [5, 5.41) is 3.80. The Morgan fingerprint density at radius 1 is 1.04 bits per heavy atom. The quantitative estimate of drug-likeness (QED) is 0.658. The minimum Gasteiger partial charge on any atom is -0.490 e. The van der Waals surface area contributed by atoms with Crippen molar-refractivity contribution in [1.82, 2.24) is 5.32 Å². The van der Waals surface area contributed by atoms with Crippen molar-refractivity contribution in [3.63, 3.8) is 0 Å². The van der Waals surface area contributed by atoms with Crippen molar-refractivity contribution in [1.29, 1.82) is 0 Å². The van der Waals surface area contributed by atoms with Gasteiger partial charge in [-0.05, 0) is 60.5 Å². The van der Waals surface area contributed by atoms with Gasteiger partial charge in [0.2, 0.25) is 0 Å². The summed E-state index contributed by atoms with van der Waals surface area (Å²) in [4.78, 5) is 0. The van der Waals surface area contributed by atoms with Crippen LogP contribution in [0.25, 0.3) is 0 Å². The summed E-state index contributed by atoms with van der Waals surface area (Å²) in [5.41, 5.74) is 6.19. The Bertz CT molecular complexity index is 893. The maximum absolute atomic E-state index is 6.19. The molecule has 27 heavy (non-hydrogen) atoms. The SMILES string of the molecule is CC1CC=CC2NC3=C(C=C(C4=CC=C5OC6C=CC=CC6C5C4)CC3)C12. The first-order chi connectivity index (χ1) is 13.3. The topological polar surface area (TPSA) is 21.3 Å². The van der Waals surface area contributed by atoms with Crippen molar-refractivity contribution >= 4 is 0 Å². The van der Waals surface area contributed by atoms with Gasteiger partial charge in [-0.2, -0.15) is 0 Å². The summed E-state index contributed by atoms with van der Waals surface area (Å²) < 4.78 is 6.19. The summed E-state index contributed by atoms with van der Waals surface area (Å²) in [6.45, 7) is 2.41. The summed E-state index contributed by atoms with van der Waals surface area (Å²) in [7, 11) is 0. The number of hydrogen-bond acceptors (Lipinski definition) is 2. The molecule has 0 spiro atoms. The Hall–Kier alpha value is -2.22. The first-order valence-corrected chi connectivity index (χ1v) is 10.6. The van der Waals surface area contributed by atoms with Crippen molar-refractivity contribution in [2.45, 2.75) is 44.8 Å². The second-order valence-corrected chi connectivity index (χ2v) is 8.94. The predicted octanol–water partition coefficient (Wildman–Crippen LogP) is 5.12. The second-order valence-electron chi connectivity index (χ2n) is 8.94. The van der Waals surface area contributed by atoms with Gasteiger partial charge in [-0.15, -0.1) is 0 Å². The molecule has 0 saturated carbocycles. The average Bonchev–Trinajstić information content (AvgIpc) is 3.25. The van der Waals surface area contributed by atoms with Crippen LogP contribution in [0.2, 0.25) is 0 Å². The molecule has 0 bridgehead atoms. The van der Waals surface area contributed by atoms with Gasteiger partial charge in [0, 0.05) is 23.5 Å². The fourth-order valence-electron chi connectivity index (χ4n) is 6.00. The summed E-state index contributed by atoms with van der Waals surface area (Å²) in [6, 6.07) is 0.518. The van der Waals surface area contributed by atoms with Crippen molar-refractivity contribution in [3.05, 3.63) is 82.9 Å². The fraction of sp³-hybridized carbons (Fsp3) is 0.440. The van der Waals surface area contributed by atoms with Gasteiger partial charge in [0.05, 0.1) is 6.04 Å². The number of fused-ring (bicyclic) bond motifs is 5. The largest absolute Gasteiger partial charge is 0.490 e. The third-order valence-electron chi connectivity index (χ3n) is 7.40. The van der Waals surface area contributed by atoms with Gasteiger partial charge in [-0.1, -0.05) is 49.5 Å². The second kappa shape index (κ2) is 5.89. The molecule has 0 amide bonds. The standard InChI is InChI=1S/C25H27NO/c1-15-5-4-7-22-25(15)20-14-16(9-11-21(20)26-22)17-10-12-24-19(13-17)18-6-2-3-8-23(18)27-24/h2-4,6-8,10,12,14-15,18-19,22-23,25-26H,5,9,11,13H2,1H3. The van der Waals surface area contributed by atoms with Gasteiger partial charge in [-0.25, -0.2) is 0 Å². The number of ether oxygens (including phenoxy) is 1. The van der Waals surface area contributed by atoms with Crippen LogP contribution in [0.15, 0.2) is 82.9 Å². The molecule has 0 aromatic heterocycles. The van der Waals surface area contributed by atoms with Gasteiger partial charge < -0.3 is 10.1 Å². The number of allylic oxidation sites excluding steroid dienone is 10. The van der Waals surface area contributed by atoms with E-state index in [0.717, 1.165) is 18.8 Å². The van der Waals surface area contributed by atoms with Crippen LogP contribution in [0.5, 0.6) is 0 Å². The minimum absolute atomic E-state index is 0.239. The van der Waals surface area contributed by atoms with Crippen LogP contribution in [-0.4, -0.2) is 12.1 Å². The first kappa shape index (κ1) is 15.8. The molecule has 138 valence electrons. The smallest absolute Gasteiger partial charge is 0.124 e. The molecule has 2 heterocycles. The maximum Gasteiger partial charge on any atom is 0.124 e. The molecular formula is C25H27NO. The lowest BCUT2D eigenvalue weighted by molar-refractivity contribution is 0.184. The van der Waals surface area contributed by atoms with Crippen LogP contribution >= 0.6 is 0 Å². The molecule has 6 atom stereocenters. The lowest BCUT2D eigenvalue weighted by Gasteiger charge is -2.29. The highest BCUT2D eigenvalue weighted by molar-refractivity contribution is 5.50. The van der Waals surface area contributed by atoms with E-state index in [1.165, 1.54) is 29.9 Å². The van der Waals surface area contributed by atoms with E-state index < -0.39 is 0 Å². The maximum atomic E-state index is 6.19. The zero-order valence-corrected chi connectivity index (χ0v) is 15.9. The monoisotopic (exact) mass is 357 g/mol. The van der Waals surface area contributed by atoms with E-state index in [0.29, 0.717) is 23.8 Å². The summed E-state index contributed by atoms with van der Waals surface area (Å²) in [5.74, 6) is 3.59. The zero-order chi connectivity index (χ0) is 18.0. The molecule has 0 aromatic carbocycles. The summed E-state index contributed by atoms with van der Waals surface area (Å²) >= 11 is 0. The number of nitrogens with one attached hydrogen (secondary N) is 1. The molecule has 0 radical (unpaired) electrons. The summed E-state index contributed by atoms with van der Waals surface area (Å²) in [6.07, 6.45) is 25.6. The lowest BCUT2D eigenvalue weighted by atomic mass is 9.74. The lowest BCUT2D eigenvalue weighted by Crippen LogP contribution is -2.32. The molecule has 1 fully saturated rings. The molecular weight excluding hydrogens is 330 g/mol. The van der Waals surface area contributed by atoms with Crippen molar-refractivity contribution in [2.75, 3.05) is 0 Å². The van der Waals surface area contributed by atoms with E-state index in [-0.39, 0.29) is 6.10 Å². The molecule has 4 aliphatic carbocycles. The highest BCUT2D eigenvalue weighted by Gasteiger charge is 2.42. The molecule has 2 nitrogen and oxygen atoms in total. The van der Waals surface area contributed by atoms with Crippen LogP contribution in [-0.2, 0) is 4.74 Å². The molecule has 2 aliphatic heterocycles. The van der Waals surface area contributed by atoms with Crippen LogP contribution in [0.1, 0.15) is 32.6 Å². The number of rotatable bonds is 1. The van der Waals surface area contributed by atoms with Crippen LogP contribution < -0.4 is 5.32 Å². The molecule has 1 N–H and O–H groups in total. The third-order valence-corrected chi connectivity index (χ3v) is 7.40. The van der Waals surface area contributed by atoms with Gasteiger partial charge in [0.1, 0.15) is 11.9 Å². The Morgan fingerprint density at radius 2 is 1.96 bits per heavy atom. The third kappa shape index (κ3) is 2.38. The molecule has 6 aliphatic rings. The van der Waals surface area contributed by atoms with Gasteiger partial charge in [0.25, 0.3) is 0 Å². The highest BCUT2D eigenvalue weighted by Crippen LogP contribution is 2.48. The van der Waals surface area contributed by atoms with Crippen LogP contribution in [0, 0.1) is 23.7 Å². The van der Waals surface area contributed by atoms with E-state index in [9.17, 15) is 0 Å². The highest BCUT2D eigenvalue weighted by atomic mass is 16.5. The zero-order valence-electron chi connectivity index (χ0n) is 15.9. The van der Waals surface area contributed by atoms with E-state index in [2.05, 4.69) is 66.9 Å². The molecule has 0 aromatic rings. The predicted molar refractivity (Wildman–Crippen MR) is 109 cm³/mol. The Morgan fingerprint density at radius 3 is 2.93 bits per heavy atom. The van der Waals surface area contributed by atoms with Crippen molar-refractivity contribution < 1.29 is 4.74 Å². The van der Waals surface area contributed by atoms with E-state index in [4.69, 9.17) is 4.74 Å². The Labute approximate surface area is 161 Å². The Kier molecular flexibility index (Phi) is 3.45. The molecule has 1 saturated heterocycles. The fourth-order valence-corrected chi connectivity index (χ4v) is 6.00. The van der Waals surface area contributed by atoms with Crippen molar-refractivity contribution in [3.8, 4) is 0 Å². The van der Waals surface area contributed by atoms with Crippen LogP contribution in [0.4, 0.5) is 0 Å². The molecule has 2 heteroatoms. The van der Waals surface area contributed by atoms with E-state index in [1.807, 2.05) is 0 Å². The van der Waals surface area contributed by atoms with Crippen molar-refractivity contribution in [2.24, 2.45) is 23.7 Å².